The summed E-state index contributed by atoms with van der Waals surface area (Å²) in [5.74, 6) is 0.889. The highest BCUT2D eigenvalue weighted by molar-refractivity contribution is 5.88. The Labute approximate surface area is 135 Å². The van der Waals surface area contributed by atoms with Crippen molar-refractivity contribution in [2.24, 2.45) is 0 Å². The first-order chi connectivity index (χ1) is 11.2. The third kappa shape index (κ3) is 3.21. The number of para-hydroxylation sites is 2. The summed E-state index contributed by atoms with van der Waals surface area (Å²) in [7, 11) is 3.47. The van der Waals surface area contributed by atoms with Crippen LogP contribution >= 0.6 is 0 Å². The molecule has 0 unspecified atom stereocenters. The molecule has 0 atom stereocenters. The number of carbonyl (C=O) groups is 1. The Morgan fingerprint density at radius 2 is 1.83 bits per heavy atom. The van der Waals surface area contributed by atoms with Crippen LogP contribution in [-0.2, 0) is 17.8 Å². The largest absolute Gasteiger partial charge is 0.496 e. The quantitative estimate of drug-likeness (QED) is 0.785. The van der Waals surface area contributed by atoms with Crippen molar-refractivity contribution in [3.63, 3.8) is 0 Å². The zero-order valence-electron chi connectivity index (χ0n) is 13.4. The summed E-state index contributed by atoms with van der Waals surface area (Å²) in [5.41, 5.74) is 3.09. The third-order valence-electron chi connectivity index (χ3n) is 4.04. The molecule has 0 spiro atoms. The number of hydrogen-bond donors (Lipinski definition) is 1. The van der Waals surface area contributed by atoms with Gasteiger partial charge in [0.2, 0.25) is 5.91 Å². The topological polar surface area (TPSA) is 45.3 Å². The van der Waals surface area contributed by atoms with E-state index in [9.17, 15) is 4.79 Å². The molecule has 1 heterocycles. The van der Waals surface area contributed by atoms with E-state index < -0.39 is 0 Å². The first-order valence-corrected chi connectivity index (χ1v) is 7.60. The molecule has 4 nitrogen and oxygen atoms in total. The van der Waals surface area contributed by atoms with Crippen LogP contribution in [-0.4, -0.2) is 29.9 Å². The van der Waals surface area contributed by atoms with E-state index in [4.69, 9.17) is 4.74 Å². The average molecular weight is 308 g/mol. The molecule has 0 aliphatic carbocycles. The minimum absolute atomic E-state index is 0.0839. The standard InChI is InChI=1S/C19H20N2O2/c1-21(13-14-7-3-6-10-18(14)23-2)19(22)11-15-12-20-17-9-5-4-8-16(15)17/h3-10,12,20H,11,13H2,1-2H3. The summed E-state index contributed by atoms with van der Waals surface area (Å²) in [6.45, 7) is 0.533. The molecule has 0 aliphatic heterocycles. The van der Waals surface area contributed by atoms with Crippen LogP contribution in [0.3, 0.4) is 0 Å². The number of fused-ring (bicyclic) bond motifs is 1. The monoisotopic (exact) mass is 308 g/mol. The van der Waals surface area contributed by atoms with E-state index in [2.05, 4.69) is 4.98 Å². The number of methoxy groups -OCH3 is 1. The molecule has 0 aliphatic rings. The van der Waals surface area contributed by atoms with Crippen molar-refractivity contribution in [3.8, 4) is 5.75 Å². The van der Waals surface area contributed by atoms with E-state index in [-0.39, 0.29) is 5.91 Å². The minimum Gasteiger partial charge on any atom is -0.496 e. The molecule has 118 valence electrons. The molecule has 0 saturated heterocycles. The maximum atomic E-state index is 12.5. The van der Waals surface area contributed by atoms with Crippen LogP contribution in [0.15, 0.2) is 54.7 Å². The van der Waals surface area contributed by atoms with E-state index in [1.54, 1.807) is 12.0 Å². The highest BCUT2D eigenvalue weighted by atomic mass is 16.5. The van der Waals surface area contributed by atoms with Crippen molar-refractivity contribution in [3.05, 3.63) is 65.9 Å². The van der Waals surface area contributed by atoms with E-state index in [1.807, 2.05) is 61.8 Å². The summed E-state index contributed by atoms with van der Waals surface area (Å²) >= 11 is 0. The van der Waals surface area contributed by atoms with Gasteiger partial charge in [0, 0.05) is 36.3 Å². The van der Waals surface area contributed by atoms with Gasteiger partial charge in [0.1, 0.15) is 5.75 Å². The molecule has 0 saturated carbocycles. The lowest BCUT2D eigenvalue weighted by atomic mass is 10.1. The zero-order chi connectivity index (χ0) is 16.2. The van der Waals surface area contributed by atoms with Crippen LogP contribution in [0.2, 0.25) is 0 Å². The molecule has 1 amide bonds. The molecule has 3 rings (SSSR count). The summed E-state index contributed by atoms with van der Waals surface area (Å²) in [6, 6.07) is 15.8. The van der Waals surface area contributed by atoms with Gasteiger partial charge in [-0.3, -0.25) is 4.79 Å². The van der Waals surface area contributed by atoms with Crippen LogP contribution in [0.1, 0.15) is 11.1 Å². The maximum absolute atomic E-state index is 12.5. The number of carbonyl (C=O) groups excluding carboxylic acids is 1. The van der Waals surface area contributed by atoms with E-state index in [1.165, 1.54) is 0 Å². The average Bonchev–Trinajstić information content (AvgIpc) is 2.98. The van der Waals surface area contributed by atoms with Crippen molar-refractivity contribution < 1.29 is 9.53 Å². The van der Waals surface area contributed by atoms with Crippen LogP contribution in [0.25, 0.3) is 10.9 Å². The number of aromatic nitrogens is 1. The van der Waals surface area contributed by atoms with Gasteiger partial charge in [-0.15, -0.1) is 0 Å². The normalized spacial score (nSPS) is 10.7. The second kappa shape index (κ2) is 6.57. The number of benzene rings is 2. The smallest absolute Gasteiger partial charge is 0.227 e. The fraction of sp³-hybridized carbons (Fsp3) is 0.211. The number of likely N-dealkylation sites (N-methyl/N-ethyl adjacent to an activating group) is 1. The molecule has 4 heteroatoms. The van der Waals surface area contributed by atoms with Crippen molar-refractivity contribution in [1.82, 2.24) is 9.88 Å². The van der Waals surface area contributed by atoms with E-state index in [0.29, 0.717) is 13.0 Å². The van der Waals surface area contributed by atoms with Crippen LogP contribution in [0.5, 0.6) is 5.75 Å². The van der Waals surface area contributed by atoms with Gasteiger partial charge in [-0.05, 0) is 17.7 Å². The number of aromatic amines is 1. The summed E-state index contributed by atoms with van der Waals surface area (Å²) < 4.78 is 5.35. The first-order valence-electron chi connectivity index (χ1n) is 7.60. The number of rotatable bonds is 5. The molecular formula is C19H20N2O2. The summed E-state index contributed by atoms with van der Waals surface area (Å²) in [4.78, 5) is 17.5. The van der Waals surface area contributed by atoms with E-state index in [0.717, 1.165) is 27.8 Å². The second-order valence-corrected chi connectivity index (χ2v) is 5.60. The predicted octanol–water partition coefficient (Wildman–Crippen LogP) is 3.38. The molecule has 1 aromatic heterocycles. The lowest BCUT2D eigenvalue weighted by molar-refractivity contribution is -0.129. The molecule has 0 fully saturated rings. The lowest BCUT2D eigenvalue weighted by Gasteiger charge is -2.18. The Morgan fingerprint density at radius 1 is 1.09 bits per heavy atom. The van der Waals surface area contributed by atoms with Gasteiger partial charge in [0.25, 0.3) is 0 Å². The molecule has 0 bridgehead atoms. The highest BCUT2D eigenvalue weighted by Gasteiger charge is 2.14. The Kier molecular flexibility index (Phi) is 4.33. The van der Waals surface area contributed by atoms with Gasteiger partial charge < -0.3 is 14.6 Å². The van der Waals surface area contributed by atoms with Gasteiger partial charge in [0.15, 0.2) is 0 Å². The number of hydrogen-bond acceptors (Lipinski definition) is 2. The predicted molar refractivity (Wildman–Crippen MR) is 91.5 cm³/mol. The summed E-state index contributed by atoms with van der Waals surface area (Å²) in [5, 5.41) is 1.10. The van der Waals surface area contributed by atoms with E-state index >= 15 is 0 Å². The zero-order valence-corrected chi connectivity index (χ0v) is 13.4. The fourth-order valence-electron chi connectivity index (χ4n) is 2.75. The molecule has 2 aromatic carbocycles. The van der Waals surface area contributed by atoms with Gasteiger partial charge in [-0.1, -0.05) is 36.4 Å². The Morgan fingerprint density at radius 3 is 2.65 bits per heavy atom. The number of nitrogens with one attached hydrogen (secondary N) is 1. The van der Waals surface area contributed by atoms with Gasteiger partial charge in [-0.2, -0.15) is 0 Å². The fourth-order valence-corrected chi connectivity index (χ4v) is 2.75. The number of ether oxygens (including phenoxy) is 1. The number of H-pyrrole nitrogens is 1. The van der Waals surface area contributed by atoms with Gasteiger partial charge in [0.05, 0.1) is 13.5 Å². The van der Waals surface area contributed by atoms with Crippen LogP contribution in [0.4, 0.5) is 0 Å². The highest BCUT2D eigenvalue weighted by Crippen LogP contribution is 2.21. The molecular weight excluding hydrogens is 288 g/mol. The first kappa shape index (κ1) is 15.2. The lowest BCUT2D eigenvalue weighted by Crippen LogP contribution is -2.27. The second-order valence-electron chi connectivity index (χ2n) is 5.60. The Hall–Kier alpha value is -2.75. The molecule has 1 N–H and O–H groups in total. The Bertz CT molecular complexity index is 823. The number of amides is 1. The molecule has 23 heavy (non-hydrogen) atoms. The van der Waals surface area contributed by atoms with Crippen LogP contribution < -0.4 is 4.74 Å². The van der Waals surface area contributed by atoms with Crippen LogP contribution in [0, 0.1) is 0 Å². The Balaban J connectivity index is 1.73. The molecule has 0 radical (unpaired) electrons. The van der Waals surface area contributed by atoms with Crippen molar-refractivity contribution >= 4 is 16.8 Å². The summed E-state index contributed by atoms with van der Waals surface area (Å²) in [6.07, 6.45) is 2.30. The molecule has 3 aromatic rings. The van der Waals surface area contributed by atoms with Crippen molar-refractivity contribution in [1.29, 1.82) is 0 Å². The van der Waals surface area contributed by atoms with Gasteiger partial charge in [-0.25, -0.2) is 0 Å². The van der Waals surface area contributed by atoms with Gasteiger partial charge >= 0.3 is 0 Å². The van der Waals surface area contributed by atoms with Crippen molar-refractivity contribution in [2.75, 3.05) is 14.2 Å². The minimum atomic E-state index is 0.0839. The maximum Gasteiger partial charge on any atom is 0.227 e. The number of nitrogens with zero attached hydrogens (tertiary/aromatic N) is 1. The third-order valence-corrected chi connectivity index (χ3v) is 4.04. The van der Waals surface area contributed by atoms with Crippen molar-refractivity contribution in [2.45, 2.75) is 13.0 Å². The SMILES string of the molecule is COc1ccccc1CN(C)C(=O)Cc1c[nH]c2ccccc12.